The van der Waals surface area contributed by atoms with Crippen LogP contribution >= 0.6 is 0 Å². The van der Waals surface area contributed by atoms with Gasteiger partial charge in [-0.2, -0.15) is 4.31 Å². The highest BCUT2D eigenvalue weighted by atomic mass is 32.2. The maximum atomic E-state index is 12.7. The molecule has 1 aliphatic rings. The van der Waals surface area contributed by atoms with E-state index in [0.717, 1.165) is 24.8 Å². The average molecular weight is 296 g/mol. The first-order chi connectivity index (χ1) is 9.46. The third-order valence-electron chi connectivity index (χ3n) is 4.34. The normalized spacial score (nSPS) is 24.0. The Hall–Kier alpha value is -0.910. The van der Waals surface area contributed by atoms with Crippen LogP contribution in [0.25, 0.3) is 0 Å². The van der Waals surface area contributed by atoms with Crippen LogP contribution in [0, 0.1) is 5.92 Å². The third kappa shape index (κ3) is 3.05. The van der Waals surface area contributed by atoms with Gasteiger partial charge in [-0.3, -0.25) is 0 Å². The molecule has 20 heavy (non-hydrogen) atoms. The molecule has 0 aromatic heterocycles. The van der Waals surface area contributed by atoms with Gasteiger partial charge in [0.15, 0.2) is 0 Å². The Morgan fingerprint density at radius 2 is 2.00 bits per heavy atom. The van der Waals surface area contributed by atoms with Crippen molar-refractivity contribution in [1.29, 1.82) is 0 Å². The summed E-state index contributed by atoms with van der Waals surface area (Å²) in [7, 11) is -1.72. The number of hydrogen-bond donors (Lipinski definition) is 1. The van der Waals surface area contributed by atoms with Crippen LogP contribution in [0.5, 0.6) is 0 Å². The van der Waals surface area contributed by atoms with Crippen molar-refractivity contribution in [2.75, 3.05) is 7.05 Å². The lowest BCUT2D eigenvalue weighted by molar-refractivity contribution is 0.213. The Morgan fingerprint density at radius 1 is 1.30 bits per heavy atom. The van der Waals surface area contributed by atoms with Crippen molar-refractivity contribution in [2.24, 2.45) is 11.7 Å². The predicted octanol–water partition coefficient (Wildman–Crippen LogP) is 2.34. The van der Waals surface area contributed by atoms with Gasteiger partial charge in [-0.1, -0.05) is 31.9 Å². The van der Waals surface area contributed by atoms with Crippen molar-refractivity contribution in [3.63, 3.8) is 0 Å². The highest BCUT2D eigenvalue weighted by Gasteiger charge is 2.32. The molecule has 1 aromatic rings. The SMILES string of the molecule is CC1CCCCC1N(C)S(=O)(=O)c1cccc(CN)c1. The second-order valence-electron chi connectivity index (χ2n) is 5.70. The zero-order valence-corrected chi connectivity index (χ0v) is 13.1. The number of hydrogen-bond acceptors (Lipinski definition) is 3. The molecule has 4 nitrogen and oxygen atoms in total. The largest absolute Gasteiger partial charge is 0.326 e. The Kier molecular flexibility index (Phi) is 4.83. The summed E-state index contributed by atoms with van der Waals surface area (Å²) in [4.78, 5) is 0.348. The van der Waals surface area contributed by atoms with Crippen LogP contribution in [0.2, 0.25) is 0 Å². The van der Waals surface area contributed by atoms with Gasteiger partial charge in [-0.25, -0.2) is 8.42 Å². The zero-order chi connectivity index (χ0) is 14.8. The lowest BCUT2D eigenvalue weighted by atomic mass is 9.86. The first kappa shape index (κ1) is 15.5. The van der Waals surface area contributed by atoms with Gasteiger partial charge in [0.1, 0.15) is 0 Å². The number of rotatable bonds is 4. The van der Waals surface area contributed by atoms with Crippen LogP contribution in [-0.4, -0.2) is 25.8 Å². The summed E-state index contributed by atoms with van der Waals surface area (Å²) in [6, 6.07) is 7.04. The van der Waals surface area contributed by atoms with Crippen LogP contribution in [0.4, 0.5) is 0 Å². The highest BCUT2D eigenvalue weighted by Crippen LogP contribution is 2.30. The molecule has 0 aliphatic heterocycles. The van der Waals surface area contributed by atoms with Gasteiger partial charge >= 0.3 is 0 Å². The van der Waals surface area contributed by atoms with Crippen molar-refractivity contribution in [1.82, 2.24) is 4.31 Å². The minimum atomic E-state index is -3.43. The Balaban J connectivity index is 2.28. The van der Waals surface area contributed by atoms with E-state index in [2.05, 4.69) is 6.92 Å². The maximum Gasteiger partial charge on any atom is 0.243 e. The number of benzene rings is 1. The summed E-state index contributed by atoms with van der Waals surface area (Å²) in [6.45, 7) is 2.50. The van der Waals surface area contributed by atoms with Crippen molar-refractivity contribution in [3.05, 3.63) is 29.8 Å². The lowest BCUT2D eigenvalue weighted by Crippen LogP contribution is -2.42. The Labute approximate surface area is 122 Å². The van der Waals surface area contributed by atoms with Gasteiger partial charge in [-0.15, -0.1) is 0 Å². The molecule has 1 saturated carbocycles. The first-order valence-corrected chi connectivity index (χ1v) is 8.68. The molecule has 1 aromatic carbocycles. The van der Waals surface area contributed by atoms with Crippen molar-refractivity contribution in [2.45, 2.75) is 50.1 Å². The molecule has 0 amide bonds. The Morgan fingerprint density at radius 3 is 2.65 bits per heavy atom. The van der Waals surface area contributed by atoms with E-state index in [1.54, 1.807) is 29.6 Å². The molecule has 1 aliphatic carbocycles. The van der Waals surface area contributed by atoms with E-state index in [9.17, 15) is 8.42 Å². The molecule has 2 unspecified atom stereocenters. The fraction of sp³-hybridized carbons (Fsp3) is 0.600. The van der Waals surface area contributed by atoms with Crippen molar-refractivity contribution in [3.8, 4) is 0 Å². The summed E-state index contributed by atoms with van der Waals surface area (Å²) < 4.78 is 27.0. The molecular weight excluding hydrogens is 272 g/mol. The highest BCUT2D eigenvalue weighted by molar-refractivity contribution is 7.89. The third-order valence-corrected chi connectivity index (χ3v) is 6.22. The minimum absolute atomic E-state index is 0.107. The minimum Gasteiger partial charge on any atom is -0.326 e. The van der Waals surface area contributed by atoms with E-state index in [-0.39, 0.29) is 6.04 Å². The number of nitrogens with zero attached hydrogens (tertiary/aromatic N) is 1. The monoisotopic (exact) mass is 296 g/mol. The summed E-state index contributed by atoms with van der Waals surface area (Å²) in [5.74, 6) is 0.418. The molecule has 112 valence electrons. The zero-order valence-electron chi connectivity index (χ0n) is 12.2. The number of nitrogens with two attached hydrogens (primary N) is 1. The summed E-state index contributed by atoms with van der Waals surface area (Å²) in [5.41, 5.74) is 6.44. The first-order valence-electron chi connectivity index (χ1n) is 7.24. The van der Waals surface area contributed by atoms with Gasteiger partial charge < -0.3 is 5.73 Å². The molecule has 0 spiro atoms. The van der Waals surface area contributed by atoms with E-state index in [4.69, 9.17) is 5.73 Å². The van der Waals surface area contributed by atoms with E-state index in [0.29, 0.717) is 17.4 Å². The van der Waals surface area contributed by atoms with Gasteiger partial charge in [0.25, 0.3) is 0 Å². The second-order valence-corrected chi connectivity index (χ2v) is 7.70. The molecule has 2 rings (SSSR count). The smallest absolute Gasteiger partial charge is 0.243 e. The summed E-state index contributed by atoms with van der Waals surface area (Å²) >= 11 is 0. The van der Waals surface area contributed by atoms with Crippen molar-refractivity contribution < 1.29 is 8.42 Å². The molecule has 5 heteroatoms. The van der Waals surface area contributed by atoms with Crippen LogP contribution < -0.4 is 5.73 Å². The second kappa shape index (κ2) is 6.24. The molecule has 2 N–H and O–H groups in total. The molecule has 0 saturated heterocycles. The molecule has 0 radical (unpaired) electrons. The molecule has 0 heterocycles. The van der Waals surface area contributed by atoms with Gasteiger partial charge in [-0.05, 0) is 36.5 Å². The van der Waals surface area contributed by atoms with Crippen LogP contribution in [0.3, 0.4) is 0 Å². The molecule has 2 atom stereocenters. The predicted molar refractivity (Wildman–Crippen MR) is 80.7 cm³/mol. The van der Waals surface area contributed by atoms with E-state index in [1.165, 1.54) is 6.42 Å². The van der Waals surface area contributed by atoms with Crippen LogP contribution in [-0.2, 0) is 16.6 Å². The molecule has 0 bridgehead atoms. The fourth-order valence-electron chi connectivity index (χ4n) is 3.01. The molecular formula is C15H24N2O2S. The van der Waals surface area contributed by atoms with Crippen LogP contribution in [0.1, 0.15) is 38.2 Å². The van der Waals surface area contributed by atoms with Gasteiger partial charge in [0, 0.05) is 19.6 Å². The van der Waals surface area contributed by atoms with Crippen molar-refractivity contribution >= 4 is 10.0 Å². The lowest BCUT2D eigenvalue weighted by Gasteiger charge is -2.35. The number of sulfonamides is 1. The Bertz CT molecular complexity index is 557. The summed E-state index contributed by atoms with van der Waals surface area (Å²) in [5, 5.41) is 0. The standard InChI is InChI=1S/C15H24N2O2S/c1-12-6-3-4-9-15(12)17(2)20(18,19)14-8-5-7-13(10-14)11-16/h5,7-8,10,12,15H,3-4,6,9,11,16H2,1-2H3. The van der Waals surface area contributed by atoms with E-state index >= 15 is 0 Å². The topological polar surface area (TPSA) is 63.4 Å². The van der Waals surface area contributed by atoms with Crippen LogP contribution in [0.15, 0.2) is 29.2 Å². The average Bonchev–Trinajstić information content (AvgIpc) is 2.47. The maximum absolute atomic E-state index is 12.7. The van der Waals surface area contributed by atoms with E-state index < -0.39 is 10.0 Å². The summed E-state index contributed by atoms with van der Waals surface area (Å²) in [6.07, 6.45) is 4.37. The quantitative estimate of drug-likeness (QED) is 0.927. The van der Waals surface area contributed by atoms with Gasteiger partial charge in [0.05, 0.1) is 4.90 Å². The fourth-order valence-corrected chi connectivity index (χ4v) is 4.57. The van der Waals surface area contributed by atoms with E-state index in [1.807, 2.05) is 6.07 Å². The van der Waals surface area contributed by atoms with Gasteiger partial charge in [0.2, 0.25) is 10.0 Å². The molecule has 1 fully saturated rings.